The van der Waals surface area contributed by atoms with Crippen molar-refractivity contribution in [2.24, 2.45) is 0 Å². The summed E-state index contributed by atoms with van der Waals surface area (Å²) in [5.41, 5.74) is 0.520. The predicted molar refractivity (Wildman–Crippen MR) is 153 cm³/mol. The van der Waals surface area contributed by atoms with Crippen LogP contribution in [0.5, 0.6) is 0 Å². The van der Waals surface area contributed by atoms with Crippen molar-refractivity contribution in [2.75, 3.05) is 10.8 Å². The summed E-state index contributed by atoms with van der Waals surface area (Å²) in [7, 11) is -4.27. The monoisotopic (exact) mass is 586 g/mol. The van der Waals surface area contributed by atoms with Crippen LogP contribution in [0.15, 0.2) is 83.8 Å². The Hall–Kier alpha value is -3.96. The van der Waals surface area contributed by atoms with Gasteiger partial charge in [0.05, 0.1) is 15.5 Å². The summed E-state index contributed by atoms with van der Waals surface area (Å²) in [5.74, 6) is -1.02. The van der Waals surface area contributed by atoms with Crippen molar-refractivity contribution in [3.05, 3.63) is 99.6 Å². The molecule has 10 nitrogen and oxygen atoms in total. The first kappa shape index (κ1) is 30.6. The molecule has 0 fully saturated rings. The fraction of sp³-hybridized carbons (Fsp3) is 0.286. The Balaban J connectivity index is 2.02. The average Bonchev–Trinajstić information content (AvgIpc) is 2.95. The van der Waals surface area contributed by atoms with Gasteiger partial charge in [0, 0.05) is 29.7 Å². The lowest BCUT2D eigenvalue weighted by Crippen LogP contribution is -2.52. The molecule has 3 rings (SSSR count). The molecule has 0 saturated heterocycles. The van der Waals surface area contributed by atoms with E-state index in [9.17, 15) is 28.1 Å². The van der Waals surface area contributed by atoms with Gasteiger partial charge in [-0.2, -0.15) is 0 Å². The number of hydrogen-bond donors (Lipinski definition) is 1. The van der Waals surface area contributed by atoms with Crippen molar-refractivity contribution < 1.29 is 22.9 Å². The molecule has 2 amide bonds. The molecule has 0 aromatic heterocycles. The van der Waals surface area contributed by atoms with Gasteiger partial charge in [-0.05, 0) is 62.2 Å². The topological polar surface area (TPSA) is 130 Å². The summed E-state index contributed by atoms with van der Waals surface area (Å²) in [5, 5.41) is 14.5. The van der Waals surface area contributed by atoms with Gasteiger partial charge < -0.3 is 10.2 Å². The summed E-state index contributed by atoms with van der Waals surface area (Å²) in [6.07, 6.45) is 0.687. The Morgan fingerprint density at radius 3 is 2.12 bits per heavy atom. The van der Waals surface area contributed by atoms with Crippen LogP contribution in [0.2, 0.25) is 5.02 Å². The smallest absolute Gasteiger partial charge is 0.269 e. The largest absolute Gasteiger partial charge is 0.352 e. The van der Waals surface area contributed by atoms with Gasteiger partial charge in [0.2, 0.25) is 11.8 Å². The molecule has 0 bridgehead atoms. The van der Waals surface area contributed by atoms with Crippen molar-refractivity contribution in [3.8, 4) is 0 Å². The number of carbonyl (C=O) groups is 2. The number of nitrogens with zero attached hydrogens (tertiary/aromatic N) is 3. The van der Waals surface area contributed by atoms with Gasteiger partial charge >= 0.3 is 0 Å². The van der Waals surface area contributed by atoms with Crippen molar-refractivity contribution in [2.45, 2.75) is 50.7 Å². The lowest BCUT2D eigenvalue weighted by Gasteiger charge is -2.32. The molecule has 0 saturated carbocycles. The average molecular weight is 587 g/mol. The molecule has 3 aromatic rings. The summed E-state index contributed by atoms with van der Waals surface area (Å²) in [6.45, 7) is 4.71. The molecule has 3 aromatic carbocycles. The van der Waals surface area contributed by atoms with Crippen LogP contribution in [0.25, 0.3) is 0 Å². The van der Waals surface area contributed by atoms with Gasteiger partial charge in [0.15, 0.2) is 0 Å². The second kappa shape index (κ2) is 13.4. The second-order valence-electron chi connectivity index (χ2n) is 9.24. The van der Waals surface area contributed by atoms with E-state index in [0.717, 1.165) is 4.31 Å². The van der Waals surface area contributed by atoms with E-state index in [-0.39, 0.29) is 34.8 Å². The SMILES string of the molecule is CC[C@@H](C)NC(=O)[C@H](C)N(Cc1ccc(Cl)cc1)C(=O)CN(c1ccc([N+](=O)[O-])cc1)S(=O)(=O)c1ccccc1. The maximum Gasteiger partial charge on any atom is 0.269 e. The van der Waals surface area contributed by atoms with Crippen LogP contribution in [-0.4, -0.2) is 48.7 Å². The highest BCUT2D eigenvalue weighted by Crippen LogP contribution is 2.26. The number of sulfonamides is 1. The Kier molecular flexibility index (Phi) is 10.2. The molecule has 0 aliphatic carbocycles. The fourth-order valence-corrected chi connectivity index (χ4v) is 5.38. The molecular formula is C28H31ClN4O6S. The van der Waals surface area contributed by atoms with Gasteiger partial charge in [0.25, 0.3) is 15.7 Å². The Bertz CT molecular complexity index is 1430. The number of non-ortho nitro benzene ring substituents is 1. The minimum absolute atomic E-state index is 0.0184. The first-order valence-electron chi connectivity index (χ1n) is 12.6. The zero-order valence-corrected chi connectivity index (χ0v) is 23.9. The van der Waals surface area contributed by atoms with E-state index in [1.807, 2.05) is 13.8 Å². The number of carbonyl (C=O) groups excluding carboxylic acids is 2. The molecule has 40 heavy (non-hydrogen) atoms. The second-order valence-corrected chi connectivity index (χ2v) is 11.5. The molecule has 12 heteroatoms. The fourth-order valence-electron chi connectivity index (χ4n) is 3.82. The van der Waals surface area contributed by atoms with Crippen LogP contribution in [0.4, 0.5) is 11.4 Å². The number of nitro benzene ring substituents is 1. The van der Waals surface area contributed by atoms with Gasteiger partial charge in [-0.1, -0.05) is 48.9 Å². The third-order valence-corrected chi connectivity index (χ3v) is 8.43. The molecule has 0 aliphatic heterocycles. The van der Waals surface area contributed by atoms with Crippen LogP contribution < -0.4 is 9.62 Å². The quantitative estimate of drug-likeness (QED) is 0.240. The summed E-state index contributed by atoms with van der Waals surface area (Å²) in [6, 6.07) is 18.1. The highest BCUT2D eigenvalue weighted by Gasteiger charge is 2.33. The molecule has 1 N–H and O–H groups in total. The molecule has 212 valence electrons. The zero-order valence-electron chi connectivity index (χ0n) is 22.4. The summed E-state index contributed by atoms with van der Waals surface area (Å²) >= 11 is 6.01. The molecule has 0 radical (unpaired) electrons. The maximum atomic E-state index is 13.9. The maximum absolute atomic E-state index is 13.9. The highest BCUT2D eigenvalue weighted by molar-refractivity contribution is 7.92. The predicted octanol–water partition coefficient (Wildman–Crippen LogP) is 4.78. The van der Waals surface area contributed by atoms with Crippen molar-refractivity contribution >= 4 is 44.8 Å². The Morgan fingerprint density at radius 1 is 0.975 bits per heavy atom. The Labute approximate surface area is 238 Å². The van der Waals surface area contributed by atoms with Crippen LogP contribution in [-0.2, 0) is 26.2 Å². The van der Waals surface area contributed by atoms with Crippen LogP contribution in [0, 0.1) is 10.1 Å². The van der Waals surface area contributed by atoms with Crippen LogP contribution in [0.3, 0.4) is 0 Å². The number of hydrogen-bond acceptors (Lipinski definition) is 6. The summed E-state index contributed by atoms with van der Waals surface area (Å²) in [4.78, 5) is 38.7. The van der Waals surface area contributed by atoms with Crippen molar-refractivity contribution in [1.29, 1.82) is 0 Å². The summed E-state index contributed by atoms with van der Waals surface area (Å²) < 4.78 is 28.3. The third kappa shape index (κ3) is 7.57. The van der Waals surface area contributed by atoms with E-state index in [2.05, 4.69) is 5.32 Å². The molecule has 0 heterocycles. The molecule has 0 spiro atoms. The highest BCUT2D eigenvalue weighted by atomic mass is 35.5. The minimum atomic E-state index is -4.27. The van der Waals surface area contributed by atoms with E-state index in [0.29, 0.717) is 17.0 Å². The van der Waals surface area contributed by atoms with Gasteiger partial charge in [-0.3, -0.25) is 24.0 Å². The third-order valence-electron chi connectivity index (χ3n) is 6.39. The number of benzene rings is 3. The van der Waals surface area contributed by atoms with Crippen LogP contribution >= 0.6 is 11.6 Å². The molecule has 0 unspecified atom stereocenters. The normalized spacial score (nSPS) is 12.7. The lowest BCUT2D eigenvalue weighted by atomic mass is 10.1. The first-order chi connectivity index (χ1) is 18.9. The van der Waals surface area contributed by atoms with E-state index < -0.39 is 33.4 Å². The number of halogens is 1. The number of rotatable bonds is 12. The zero-order chi connectivity index (χ0) is 29.4. The van der Waals surface area contributed by atoms with E-state index in [4.69, 9.17) is 11.6 Å². The van der Waals surface area contributed by atoms with E-state index >= 15 is 0 Å². The first-order valence-corrected chi connectivity index (χ1v) is 14.4. The van der Waals surface area contributed by atoms with E-state index in [1.54, 1.807) is 49.4 Å². The molecule has 0 aliphatic rings. The molecular weight excluding hydrogens is 556 g/mol. The number of amides is 2. The number of anilines is 1. The standard InChI is InChI=1S/C28H31ClN4O6S/c1-4-20(2)30-28(35)21(3)31(18-22-10-12-23(29)13-11-22)27(34)19-32(24-14-16-25(17-15-24)33(36)37)40(38,39)26-8-6-5-7-9-26/h5-17,20-21H,4,18-19H2,1-3H3,(H,30,35)/t20-,21+/m1/s1. The van der Waals surface area contributed by atoms with Crippen molar-refractivity contribution in [3.63, 3.8) is 0 Å². The minimum Gasteiger partial charge on any atom is -0.352 e. The molecule has 2 atom stereocenters. The van der Waals surface area contributed by atoms with Crippen LogP contribution in [0.1, 0.15) is 32.8 Å². The van der Waals surface area contributed by atoms with Gasteiger partial charge in [0.1, 0.15) is 12.6 Å². The Morgan fingerprint density at radius 2 is 1.57 bits per heavy atom. The number of nitrogens with one attached hydrogen (secondary N) is 1. The van der Waals surface area contributed by atoms with Crippen molar-refractivity contribution in [1.82, 2.24) is 10.2 Å². The lowest BCUT2D eigenvalue weighted by molar-refractivity contribution is -0.384. The van der Waals surface area contributed by atoms with Gasteiger partial charge in [-0.15, -0.1) is 0 Å². The van der Waals surface area contributed by atoms with E-state index in [1.165, 1.54) is 41.3 Å². The van der Waals surface area contributed by atoms with Gasteiger partial charge in [-0.25, -0.2) is 8.42 Å². The number of nitro groups is 1.